The van der Waals surface area contributed by atoms with Gasteiger partial charge < -0.3 is 9.47 Å². The molecule has 0 amide bonds. The molecule has 0 saturated heterocycles. The first-order chi connectivity index (χ1) is 10.8. The van der Waals surface area contributed by atoms with Crippen LogP contribution in [0.3, 0.4) is 0 Å². The van der Waals surface area contributed by atoms with E-state index in [0.29, 0.717) is 16.7 Å². The molecule has 0 atom stereocenters. The first kappa shape index (κ1) is 16.5. The fourth-order valence-corrected chi connectivity index (χ4v) is 1.69. The third-order valence-electron chi connectivity index (χ3n) is 2.80. The van der Waals surface area contributed by atoms with Crippen molar-refractivity contribution in [2.24, 2.45) is 0 Å². The summed E-state index contributed by atoms with van der Waals surface area (Å²) < 4.78 is 45.0. The lowest BCUT2D eigenvalue weighted by Crippen LogP contribution is -2.16. The zero-order valence-corrected chi connectivity index (χ0v) is 12.0. The average Bonchev–Trinajstić information content (AvgIpc) is 2.52. The standard InChI is InChI=1S/C16H12F3NO3/c1-11(10-22-15(21)13-6-8-20-9-7-13)12-2-4-14(5-3-12)23-16(17,18)19/h2-10H,1H3/b11-10+. The number of hydrogen-bond acceptors (Lipinski definition) is 4. The van der Waals surface area contributed by atoms with Crippen LogP contribution >= 0.6 is 0 Å². The van der Waals surface area contributed by atoms with Crippen molar-refractivity contribution in [2.75, 3.05) is 0 Å². The maximum atomic E-state index is 12.1. The number of benzene rings is 1. The Labute approximate surface area is 130 Å². The predicted molar refractivity (Wildman–Crippen MR) is 76.4 cm³/mol. The van der Waals surface area contributed by atoms with Crippen LogP contribution in [0.25, 0.3) is 5.57 Å². The molecule has 1 aromatic carbocycles. The van der Waals surface area contributed by atoms with Crippen LogP contribution < -0.4 is 4.74 Å². The number of ether oxygens (including phenoxy) is 2. The molecule has 0 fully saturated rings. The molecule has 0 unspecified atom stereocenters. The van der Waals surface area contributed by atoms with Gasteiger partial charge in [-0.1, -0.05) is 12.1 Å². The first-order valence-corrected chi connectivity index (χ1v) is 6.49. The minimum absolute atomic E-state index is 0.317. The second kappa shape index (κ2) is 6.95. The molecule has 0 bridgehead atoms. The Morgan fingerprint density at radius 3 is 2.22 bits per heavy atom. The number of carbonyl (C=O) groups excluding carboxylic acids is 1. The minimum Gasteiger partial charge on any atom is -0.431 e. The van der Waals surface area contributed by atoms with Crippen molar-refractivity contribution >= 4 is 11.5 Å². The maximum absolute atomic E-state index is 12.1. The number of alkyl halides is 3. The number of allylic oxidation sites excluding steroid dienone is 1. The Kier molecular flexibility index (Phi) is 5.00. The summed E-state index contributed by atoms with van der Waals surface area (Å²) in [7, 11) is 0. The van der Waals surface area contributed by atoms with Crippen molar-refractivity contribution in [1.29, 1.82) is 0 Å². The second-order valence-electron chi connectivity index (χ2n) is 4.51. The summed E-state index contributed by atoms with van der Waals surface area (Å²) in [4.78, 5) is 15.5. The molecule has 0 aliphatic carbocycles. The van der Waals surface area contributed by atoms with Crippen molar-refractivity contribution in [3.8, 4) is 5.75 Å². The van der Waals surface area contributed by atoms with Crippen molar-refractivity contribution in [3.63, 3.8) is 0 Å². The quantitative estimate of drug-likeness (QED) is 0.625. The normalized spacial score (nSPS) is 11.9. The highest BCUT2D eigenvalue weighted by atomic mass is 19.4. The van der Waals surface area contributed by atoms with Gasteiger partial charge in [0.1, 0.15) is 5.75 Å². The Balaban J connectivity index is 2.02. The number of carbonyl (C=O) groups is 1. The van der Waals surface area contributed by atoms with Crippen molar-refractivity contribution < 1.29 is 27.4 Å². The number of rotatable bonds is 4. The van der Waals surface area contributed by atoms with Crippen LogP contribution in [0, 0.1) is 0 Å². The molecule has 7 heteroatoms. The number of esters is 1. The van der Waals surface area contributed by atoms with E-state index in [4.69, 9.17) is 4.74 Å². The molecule has 2 aromatic rings. The summed E-state index contributed by atoms with van der Waals surface area (Å²) >= 11 is 0. The maximum Gasteiger partial charge on any atom is 0.573 e. The van der Waals surface area contributed by atoms with E-state index in [9.17, 15) is 18.0 Å². The van der Waals surface area contributed by atoms with Crippen LogP contribution in [0.2, 0.25) is 0 Å². The molecule has 0 radical (unpaired) electrons. The molecule has 2 rings (SSSR count). The number of nitrogens with zero attached hydrogens (tertiary/aromatic N) is 1. The highest BCUT2D eigenvalue weighted by molar-refractivity contribution is 5.90. The van der Waals surface area contributed by atoms with Crippen LogP contribution in [0.5, 0.6) is 5.75 Å². The molecule has 4 nitrogen and oxygen atoms in total. The van der Waals surface area contributed by atoms with Crippen LogP contribution in [0.1, 0.15) is 22.8 Å². The average molecular weight is 323 g/mol. The molecule has 0 spiro atoms. The summed E-state index contributed by atoms with van der Waals surface area (Å²) in [6, 6.07) is 8.26. The smallest absolute Gasteiger partial charge is 0.431 e. The highest BCUT2D eigenvalue weighted by Crippen LogP contribution is 2.24. The number of halogens is 3. The SMILES string of the molecule is C/C(=C\OC(=O)c1ccncc1)c1ccc(OC(F)(F)F)cc1. The van der Waals surface area contributed by atoms with E-state index in [0.717, 1.165) is 0 Å². The Bertz CT molecular complexity index is 695. The predicted octanol–water partition coefficient (Wildman–Crippen LogP) is 4.20. The van der Waals surface area contributed by atoms with E-state index in [1.54, 1.807) is 6.92 Å². The third-order valence-corrected chi connectivity index (χ3v) is 2.80. The molecule has 0 aliphatic rings. The molecular weight excluding hydrogens is 311 g/mol. The minimum atomic E-state index is -4.73. The van der Waals surface area contributed by atoms with E-state index < -0.39 is 12.3 Å². The number of aromatic nitrogens is 1. The molecule has 0 saturated carbocycles. The number of pyridine rings is 1. The van der Waals surface area contributed by atoms with Crippen LogP contribution in [-0.4, -0.2) is 17.3 Å². The zero-order valence-electron chi connectivity index (χ0n) is 12.0. The van der Waals surface area contributed by atoms with E-state index in [2.05, 4.69) is 9.72 Å². The van der Waals surface area contributed by atoms with Gasteiger partial charge in [0, 0.05) is 12.4 Å². The van der Waals surface area contributed by atoms with Gasteiger partial charge in [0.05, 0.1) is 11.8 Å². The van der Waals surface area contributed by atoms with E-state index in [1.165, 1.54) is 55.1 Å². The molecular formula is C16H12F3NO3. The van der Waals surface area contributed by atoms with Crippen molar-refractivity contribution in [1.82, 2.24) is 4.98 Å². The van der Waals surface area contributed by atoms with Gasteiger partial charge >= 0.3 is 12.3 Å². The lowest BCUT2D eigenvalue weighted by Gasteiger charge is -2.09. The fourth-order valence-electron chi connectivity index (χ4n) is 1.69. The van der Waals surface area contributed by atoms with E-state index in [1.807, 2.05) is 0 Å². The molecule has 0 N–H and O–H groups in total. The third kappa shape index (κ3) is 5.14. The summed E-state index contributed by atoms with van der Waals surface area (Å²) in [5.74, 6) is -0.869. The molecule has 1 aromatic heterocycles. The van der Waals surface area contributed by atoms with Gasteiger partial charge in [0.2, 0.25) is 0 Å². The lowest BCUT2D eigenvalue weighted by molar-refractivity contribution is -0.274. The van der Waals surface area contributed by atoms with Gasteiger partial charge in [0.25, 0.3) is 0 Å². The summed E-state index contributed by atoms with van der Waals surface area (Å²) in [6.07, 6.45) is -0.562. The zero-order chi connectivity index (χ0) is 16.9. The van der Waals surface area contributed by atoms with Crippen LogP contribution in [-0.2, 0) is 4.74 Å². The van der Waals surface area contributed by atoms with Crippen LogP contribution in [0.15, 0.2) is 55.1 Å². The van der Waals surface area contributed by atoms with Gasteiger partial charge in [0.15, 0.2) is 0 Å². The summed E-state index contributed by atoms with van der Waals surface area (Å²) in [6.45, 7) is 1.67. The number of hydrogen-bond donors (Lipinski definition) is 0. The van der Waals surface area contributed by atoms with Gasteiger partial charge in [-0.2, -0.15) is 0 Å². The topological polar surface area (TPSA) is 48.4 Å². The molecule has 1 heterocycles. The van der Waals surface area contributed by atoms with Gasteiger partial charge in [-0.25, -0.2) is 4.79 Å². The van der Waals surface area contributed by atoms with Crippen molar-refractivity contribution in [3.05, 3.63) is 66.2 Å². The first-order valence-electron chi connectivity index (χ1n) is 6.49. The van der Waals surface area contributed by atoms with Gasteiger partial charge in [-0.05, 0) is 42.3 Å². The summed E-state index contributed by atoms with van der Waals surface area (Å²) in [5, 5.41) is 0. The lowest BCUT2D eigenvalue weighted by atomic mass is 10.1. The second-order valence-corrected chi connectivity index (χ2v) is 4.51. The van der Waals surface area contributed by atoms with Gasteiger partial charge in [-0.3, -0.25) is 4.98 Å². The van der Waals surface area contributed by atoms with Crippen molar-refractivity contribution in [2.45, 2.75) is 13.3 Å². The largest absolute Gasteiger partial charge is 0.573 e. The molecule has 23 heavy (non-hydrogen) atoms. The molecule has 120 valence electrons. The fraction of sp³-hybridized carbons (Fsp3) is 0.125. The monoisotopic (exact) mass is 323 g/mol. The Hall–Kier alpha value is -2.83. The van der Waals surface area contributed by atoms with Crippen LogP contribution in [0.4, 0.5) is 13.2 Å². The summed E-state index contributed by atoms with van der Waals surface area (Å²) in [5.41, 5.74) is 1.52. The van der Waals surface area contributed by atoms with E-state index >= 15 is 0 Å². The van der Waals surface area contributed by atoms with E-state index in [-0.39, 0.29) is 5.75 Å². The Morgan fingerprint density at radius 1 is 1.04 bits per heavy atom. The van der Waals surface area contributed by atoms with Gasteiger partial charge in [-0.15, -0.1) is 13.2 Å². The highest BCUT2D eigenvalue weighted by Gasteiger charge is 2.30. The Morgan fingerprint density at radius 2 is 1.65 bits per heavy atom. The molecule has 0 aliphatic heterocycles.